The van der Waals surface area contributed by atoms with Crippen molar-refractivity contribution in [3.8, 4) is 11.6 Å². The zero-order valence-electron chi connectivity index (χ0n) is 8.55. The molecule has 3 rings (SSSR count). The summed E-state index contributed by atoms with van der Waals surface area (Å²) in [5.74, 6) is 1.52. The fraction of sp³-hybridized carbons (Fsp3) is 0. The maximum atomic E-state index is 5.67. The first kappa shape index (κ1) is 8.97. The predicted octanol–water partition coefficient (Wildman–Crippen LogP) is 3.36. The third-order valence-corrected chi connectivity index (χ3v) is 2.34. The Kier molecular flexibility index (Phi) is 2.07. The van der Waals surface area contributed by atoms with Crippen molar-refractivity contribution < 1.29 is 4.74 Å². The number of para-hydroxylation sites is 1. The minimum absolute atomic E-state index is 0.708. The first-order chi connectivity index (χ1) is 7.92. The van der Waals surface area contributed by atoms with E-state index in [1.54, 1.807) is 6.20 Å². The van der Waals surface area contributed by atoms with Gasteiger partial charge in [0.1, 0.15) is 5.75 Å². The summed E-state index contributed by atoms with van der Waals surface area (Å²) in [4.78, 5) is 7.39. The van der Waals surface area contributed by atoms with E-state index >= 15 is 0 Å². The van der Waals surface area contributed by atoms with Crippen molar-refractivity contribution in [1.82, 2.24) is 9.97 Å². The van der Waals surface area contributed by atoms with Gasteiger partial charge in [0.15, 0.2) is 5.88 Å². The molecule has 2 heterocycles. The van der Waals surface area contributed by atoms with E-state index in [1.807, 2.05) is 48.5 Å². The number of aromatic nitrogens is 2. The molecule has 0 radical (unpaired) electrons. The van der Waals surface area contributed by atoms with Gasteiger partial charge in [-0.3, -0.25) is 4.98 Å². The van der Waals surface area contributed by atoms with Crippen LogP contribution in [0.3, 0.4) is 0 Å². The monoisotopic (exact) mass is 210 g/mol. The Balaban J connectivity index is 1.95. The summed E-state index contributed by atoms with van der Waals surface area (Å²) in [5.41, 5.74) is 1.89. The molecule has 3 nitrogen and oxygen atoms in total. The minimum Gasteiger partial charge on any atom is -0.441 e. The molecule has 3 heteroatoms. The van der Waals surface area contributed by atoms with Crippen LogP contribution in [0.1, 0.15) is 0 Å². The van der Waals surface area contributed by atoms with Crippen LogP contribution in [-0.4, -0.2) is 9.97 Å². The molecular weight excluding hydrogens is 200 g/mol. The SMILES string of the molecule is c1ccc(Oc2cc3ncccc3[nH]2)cc1. The molecule has 0 saturated carbocycles. The summed E-state index contributed by atoms with van der Waals surface area (Å²) in [7, 11) is 0. The van der Waals surface area contributed by atoms with Crippen molar-refractivity contribution in [1.29, 1.82) is 0 Å². The van der Waals surface area contributed by atoms with Gasteiger partial charge in [0.25, 0.3) is 0 Å². The smallest absolute Gasteiger partial charge is 0.200 e. The van der Waals surface area contributed by atoms with Gasteiger partial charge in [-0.1, -0.05) is 18.2 Å². The number of pyridine rings is 1. The van der Waals surface area contributed by atoms with E-state index in [-0.39, 0.29) is 0 Å². The summed E-state index contributed by atoms with van der Waals surface area (Å²) in [6, 6.07) is 15.4. The zero-order chi connectivity index (χ0) is 10.8. The van der Waals surface area contributed by atoms with Crippen LogP contribution in [0.4, 0.5) is 0 Å². The van der Waals surface area contributed by atoms with Gasteiger partial charge in [0.05, 0.1) is 11.0 Å². The first-order valence-electron chi connectivity index (χ1n) is 5.08. The molecule has 1 aromatic carbocycles. The van der Waals surface area contributed by atoms with Gasteiger partial charge in [-0.05, 0) is 24.3 Å². The maximum absolute atomic E-state index is 5.67. The summed E-state index contributed by atoms with van der Waals surface area (Å²) in [6.07, 6.45) is 1.77. The maximum Gasteiger partial charge on any atom is 0.200 e. The third kappa shape index (κ3) is 1.63. The highest BCUT2D eigenvalue weighted by Gasteiger charge is 2.02. The fourth-order valence-electron chi connectivity index (χ4n) is 1.60. The largest absolute Gasteiger partial charge is 0.441 e. The number of benzene rings is 1. The summed E-state index contributed by atoms with van der Waals surface area (Å²) in [6.45, 7) is 0. The average Bonchev–Trinajstić information content (AvgIpc) is 2.72. The van der Waals surface area contributed by atoms with E-state index in [2.05, 4.69) is 9.97 Å². The molecule has 0 fully saturated rings. The second-order valence-corrected chi connectivity index (χ2v) is 3.48. The van der Waals surface area contributed by atoms with Crippen molar-refractivity contribution in [3.05, 3.63) is 54.7 Å². The minimum atomic E-state index is 0.708. The van der Waals surface area contributed by atoms with Gasteiger partial charge in [-0.25, -0.2) is 0 Å². The molecule has 0 amide bonds. The van der Waals surface area contributed by atoms with Gasteiger partial charge >= 0.3 is 0 Å². The topological polar surface area (TPSA) is 37.9 Å². The second-order valence-electron chi connectivity index (χ2n) is 3.48. The highest BCUT2D eigenvalue weighted by atomic mass is 16.5. The second kappa shape index (κ2) is 3.70. The quantitative estimate of drug-likeness (QED) is 0.704. The molecule has 0 aliphatic rings. The standard InChI is InChI=1S/C13H10N2O/c1-2-5-10(6-3-1)16-13-9-12-11(15-13)7-4-8-14-12/h1-9,15H. The normalized spacial score (nSPS) is 10.5. The molecule has 16 heavy (non-hydrogen) atoms. The van der Waals surface area contributed by atoms with Crippen molar-refractivity contribution in [3.63, 3.8) is 0 Å². The lowest BCUT2D eigenvalue weighted by atomic mass is 10.3. The molecule has 0 aliphatic heterocycles. The molecule has 0 unspecified atom stereocenters. The van der Waals surface area contributed by atoms with Gasteiger partial charge < -0.3 is 9.72 Å². The van der Waals surface area contributed by atoms with Crippen molar-refractivity contribution >= 4 is 11.0 Å². The number of nitrogens with one attached hydrogen (secondary N) is 1. The van der Waals surface area contributed by atoms with Crippen LogP contribution in [0.5, 0.6) is 11.6 Å². The highest BCUT2D eigenvalue weighted by Crippen LogP contribution is 2.23. The third-order valence-electron chi connectivity index (χ3n) is 2.34. The van der Waals surface area contributed by atoms with Gasteiger partial charge in [-0.2, -0.15) is 0 Å². The van der Waals surface area contributed by atoms with E-state index in [9.17, 15) is 0 Å². The van der Waals surface area contributed by atoms with Crippen LogP contribution in [0.15, 0.2) is 54.7 Å². The highest BCUT2D eigenvalue weighted by molar-refractivity contribution is 5.76. The Hall–Kier alpha value is -2.29. The van der Waals surface area contributed by atoms with E-state index in [0.29, 0.717) is 5.88 Å². The lowest BCUT2D eigenvalue weighted by Gasteiger charge is -2.00. The lowest BCUT2D eigenvalue weighted by Crippen LogP contribution is -1.82. The molecular formula is C13H10N2O. The zero-order valence-corrected chi connectivity index (χ0v) is 8.55. The summed E-state index contributed by atoms with van der Waals surface area (Å²) >= 11 is 0. The van der Waals surface area contributed by atoms with Gasteiger partial charge in [-0.15, -0.1) is 0 Å². The van der Waals surface area contributed by atoms with Crippen LogP contribution in [0, 0.1) is 0 Å². The molecule has 78 valence electrons. The molecule has 0 saturated heterocycles. The number of hydrogen-bond acceptors (Lipinski definition) is 2. The number of ether oxygens (including phenoxy) is 1. The van der Waals surface area contributed by atoms with Crippen LogP contribution >= 0.6 is 0 Å². The summed E-state index contributed by atoms with van der Waals surface area (Å²) < 4.78 is 5.67. The van der Waals surface area contributed by atoms with Gasteiger partial charge in [0, 0.05) is 12.3 Å². The predicted molar refractivity (Wildman–Crippen MR) is 62.6 cm³/mol. The summed E-state index contributed by atoms with van der Waals surface area (Å²) in [5, 5.41) is 0. The Morgan fingerprint density at radius 1 is 1.00 bits per heavy atom. The van der Waals surface area contributed by atoms with E-state index < -0.39 is 0 Å². The molecule has 0 bridgehead atoms. The number of H-pyrrole nitrogens is 1. The van der Waals surface area contributed by atoms with E-state index in [0.717, 1.165) is 16.8 Å². The van der Waals surface area contributed by atoms with Crippen molar-refractivity contribution in [2.45, 2.75) is 0 Å². The van der Waals surface area contributed by atoms with Crippen LogP contribution in [0.2, 0.25) is 0 Å². The molecule has 0 atom stereocenters. The number of hydrogen-bond donors (Lipinski definition) is 1. The van der Waals surface area contributed by atoms with Gasteiger partial charge in [0.2, 0.25) is 0 Å². The molecule has 1 N–H and O–H groups in total. The fourth-order valence-corrected chi connectivity index (χ4v) is 1.60. The Bertz CT molecular complexity index is 568. The number of fused-ring (bicyclic) bond motifs is 1. The average molecular weight is 210 g/mol. The van der Waals surface area contributed by atoms with Crippen LogP contribution < -0.4 is 4.74 Å². The molecule has 2 aromatic heterocycles. The number of rotatable bonds is 2. The van der Waals surface area contributed by atoms with Crippen LogP contribution in [-0.2, 0) is 0 Å². The Morgan fingerprint density at radius 2 is 1.88 bits per heavy atom. The van der Waals surface area contributed by atoms with E-state index in [1.165, 1.54) is 0 Å². The number of aromatic amines is 1. The van der Waals surface area contributed by atoms with Crippen molar-refractivity contribution in [2.75, 3.05) is 0 Å². The first-order valence-corrected chi connectivity index (χ1v) is 5.08. The van der Waals surface area contributed by atoms with Crippen LogP contribution in [0.25, 0.3) is 11.0 Å². The Morgan fingerprint density at radius 3 is 2.69 bits per heavy atom. The van der Waals surface area contributed by atoms with E-state index in [4.69, 9.17) is 4.74 Å². The molecule has 0 aliphatic carbocycles. The number of nitrogens with zero attached hydrogens (tertiary/aromatic N) is 1. The Labute approximate surface area is 92.7 Å². The lowest BCUT2D eigenvalue weighted by molar-refractivity contribution is 0.467. The molecule has 3 aromatic rings. The van der Waals surface area contributed by atoms with Crippen molar-refractivity contribution in [2.24, 2.45) is 0 Å². The molecule has 0 spiro atoms.